The second kappa shape index (κ2) is 7.36. The first-order chi connectivity index (χ1) is 8.84. The predicted octanol–water partition coefficient (Wildman–Crippen LogP) is 3.59. The van der Waals surface area contributed by atoms with Crippen molar-refractivity contribution >= 4 is 11.3 Å². The molecule has 0 fully saturated rings. The fourth-order valence-electron chi connectivity index (χ4n) is 1.69. The Morgan fingerprint density at radius 2 is 2.05 bits per heavy atom. The first-order valence-electron chi connectivity index (χ1n) is 7.10. The van der Waals surface area contributed by atoms with Crippen LogP contribution in [-0.4, -0.2) is 24.2 Å². The molecule has 0 amide bonds. The van der Waals surface area contributed by atoms with Crippen molar-refractivity contribution in [3.05, 3.63) is 16.1 Å². The number of nitrogens with one attached hydrogen (secondary N) is 1. The molecule has 1 heterocycles. The quantitative estimate of drug-likeness (QED) is 0.831. The van der Waals surface area contributed by atoms with Crippen LogP contribution in [0.15, 0.2) is 5.38 Å². The molecule has 0 aromatic carbocycles. The molecular weight excluding hydrogens is 256 g/mol. The average molecular weight is 284 g/mol. The highest BCUT2D eigenvalue weighted by molar-refractivity contribution is 7.09. The van der Waals surface area contributed by atoms with Gasteiger partial charge in [0.1, 0.15) is 5.01 Å². The molecule has 0 radical (unpaired) electrons. The molecule has 1 aromatic heterocycles. The lowest BCUT2D eigenvalue weighted by atomic mass is 9.93. The van der Waals surface area contributed by atoms with Crippen LogP contribution in [0.2, 0.25) is 0 Å². The van der Waals surface area contributed by atoms with Gasteiger partial charge >= 0.3 is 0 Å². The van der Waals surface area contributed by atoms with Crippen molar-refractivity contribution < 1.29 is 4.74 Å². The minimum Gasteiger partial charge on any atom is -0.380 e. The van der Waals surface area contributed by atoms with Gasteiger partial charge < -0.3 is 10.1 Å². The summed E-state index contributed by atoms with van der Waals surface area (Å²) in [5, 5.41) is 6.89. The Kier molecular flexibility index (Phi) is 6.43. The summed E-state index contributed by atoms with van der Waals surface area (Å²) < 4.78 is 5.53. The standard InChI is InChI=1S/C15H28N2OS/c1-7-18-9-12(11(2)3)16-8-14-17-13(10-19-14)15(4,5)6/h10-12,16H,7-9H2,1-6H3. The summed E-state index contributed by atoms with van der Waals surface area (Å²) in [4.78, 5) is 4.71. The maximum Gasteiger partial charge on any atom is 0.107 e. The predicted molar refractivity (Wildman–Crippen MR) is 82.8 cm³/mol. The molecule has 4 heteroatoms. The van der Waals surface area contributed by atoms with Crippen molar-refractivity contribution in [3.63, 3.8) is 0 Å². The van der Waals surface area contributed by atoms with Gasteiger partial charge in [-0.15, -0.1) is 11.3 Å². The Bertz CT molecular complexity index is 368. The highest BCUT2D eigenvalue weighted by atomic mass is 32.1. The molecule has 0 saturated heterocycles. The molecule has 0 aliphatic carbocycles. The number of thiazole rings is 1. The van der Waals surface area contributed by atoms with Crippen LogP contribution in [0.4, 0.5) is 0 Å². The molecule has 1 aromatic rings. The first-order valence-corrected chi connectivity index (χ1v) is 7.98. The zero-order valence-corrected chi connectivity index (χ0v) is 13.9. The van der Waals surface area contributed by atoms with Crippen molar-refractivity contribution in [3.8, 4) is 0 Å². The number of hydrogen-bond acceptors (Lipinski definition) is 4. The second-order valence-electron chi connectivity index (χ2n) is 6.27. The van der Waals surface area contributed by atoms with Gasteiger partial charge in [0.15, 0.2) is 0 Å². The number of hydrogen-bond donors (Lipinski definition) is 1. The average Bonchev–Trinajstić information content (AvgIpc) is 2.77. The topological polar surface area (TPSA) is 34.1 Å². The monoisotopic (exact) mass is 284 g/mol. The van der Waals surface area contributed by atoms with Gasteiger partial charge in [0, 0.05) is 30.0 Å². The largest absolute Gasteiger partial charge is 0.380 e. The lowest BCUT2D eigenvalue weighted by molar-refractivity contribution is 0.108. The lowest BCUT2D eigenvalue weighted by Crippen LogP contribution is -2.37. The Morgan fingerprint density at radius 3 is 2.53 bits per heavy atom. The lowest BCUT2D eigenvalue weighted by Gasteiger charge is -2.21. The summed E-state index contributed by atoms with van der Waals surface area (Å²) in [5.74, 6) is 0.564. The molecule has 1 unspecified atom stereocenters. The van der Waals surface area contributed by atoms with E-state index in [2.05, 4.69) is 45.3 Å². The third-order valence-corrected chi connectivity index (χ3v) is 3.99. The maximum absolute atomic E-state index is 5.53. The van der Waals surface area contributed by atoms with E-state index in [1.165, 1.54) is 5.69 Å². The Labute approximate surface area is 121 Å². The van der Waals surface area contributed by atoms with Crippen molar-refractivity contribution in [2.24, 2.45) is 5.92 Å². The third-order valence-electron chi connectivity index (χ3n) is 3.14. The van der Waals surface area contributed by atoms with Crippen LogP contribution in [0, 0.1) is 5.92 Å². The molecule has 1 rings (SSSR count). The SMILES string of the molecule is CCOCC(NCc1nc(C(C)(C)C)cs1)C(C)C. The molecular formula is C15H28N2OS. The molecule has 1 N–H and O–H groups in total. The molecule has 3 nitrogen and oxygen atoms in total. The minimum atomic E-state index is 0.136. The van der Waals surface area contributed by atoms with Gasteiger partial charge in [0.25, 0.3) is 0 Å². The van der Waals surface area contributed by atoms with Crippen LogP contribution in [0.5, 0.6) is 0 Å². The smallest absolute Gasteiger partial charge is 0.107 e. The Morgan fingerprint density at radius 1 is 1.37 bits per heavy atom. The molecule has 0 aliphatic heterocycles. The molecule has 0 bridgehead atoms. The van der Waals surface area contributed by atoms with Crippen molar-refractivity contribution in [2.75, 3.05) is 13.2 Å². The molecule has 0 saturated carbocycles. The van der Waals surface area contributed by atoms with E-state index in [4.69, 9.17) is 9.72 Å². The minimum absolute atomic E-state index is 0.136. The Balaban J connectivity index is 2.52. The molecule has 110 valence electrons. The van der Waals surface area contributed by atoms with Crippen LogP contribution in [0.1, 0.15) is 52.2 Å². The fraction of sp³-hybridized carbons (Fsp3) is 0.800. The number of ether oxygens (including phenoxy) is 1. The highest BCUT2D eigenvalue weighted by Crippen LogP contribution is 2.23. The summed E-state index contributed by atoms with van der Waals surface area (Å²) in [6.07, 6.45) is 0. The van der Waals surface area contributed by atoms with E-state index in [0.29, 0.717) is 12.0 Å². The number of nitrogens with zero attached hydrogens (tertiary/aromatic N) is 1. The van der Waals surface area contributed by atoms with E-state index in [9.17, 15) is 0 Å². The van der Waals surface area contributed by atoms with Crippen LogP contribution in [-0.2, 0) is 16.7 Å². The normalized spacial score (nSPS) is 14.1. The van der Waals surface area contributed by atoms with E-state index in [1.54, 1.807) is 11.3 Å². The van der Waals surface area contributed by atoms with E-state index in [0.717, 1.165) is 24.8 Å². The fourth-order valence-corrected chi connectivity index (χ4v) is 2.66. The van der Waals surface area contributed by atoms with Crippen molar-refractivity contribution in [2.45, 2.75) is 59.5 Å². The van der Waals surface area contributed by atoms with Crippen LogP contribution in [0.3, 0.4) is 0 Å². The molecule has 0 spiro atoms. The summed E-state index contributed by atoms with van der Waals surface area (Å²) in [5.41, 5.74) is 1.32. The van der Waals surface area contributed by atoms with Gasteiger partial charge in [-0.2, -0.15) is 0 Å². The van der Waals surface area contributed by atoms with Crippen LogP contribution < -0.4 is 5.32 Å². The van der Waals surface area contributed by atoms with Gasteiger partial charge in [-0.05, 0) is 12.8 Å². The Hall–Kier alpha value is -0.450. The van der Waals surface area contributed by atoms with Gasteiger partial charge in [0.2, 0.25) is 0 Å². The van der Waals surface area contributed by atoms with Gasteiger partial charge in [-0.1, -0.05) is 34.6 Å². The summed E-state index contributed by atoms with van der Waals surface area (Å²) in [6.45, 7) is 15.5. The maximum atomic E-state index is 5.53. The number of aromatic nitrogens is 1. The van der Waals surface area contributed by atoms with Crippen molar-refractivity contribution in [1.29, 1.82) is 0 Å². The zero-order chi connectivity index (χ0) is 14.5. The van der Waals surface area contributed by atoms with Crippen LogP contribution in [0.25, 0.3) is 0 Å². The molecule has 1 atom stereocenters. The van der Waals surface area contributed by atoms with E-state index < -0.39 is 0 Å². The third kappa shape index (κ3) is 5.59. The summed E-state index contributed by atoms with van der Waals surface area (Å²) in [7, 11) is 0. The zero-order valence-electron chi connectivity index (χ0n) is 13.1. The summed E-state index contributed by atoms with van der Waals surface area (Å²) >= 11 is 1.74. The van der Waals surface area contributed by atoms with Gasteiger partial charge in [0.05, 0.1) is 12.3 Å². The van der Waals surface area contributed by atoms with E-state index in [-0.39, 0.29) is 5.41 Å². The van der Waals surface area contributed by atoms with Crippen molar-refractivity contribution in [1.82, 2.24) is 10.3 Å². The highest BCUT2D eigenvalue weighted by Gasteiger charge is 2.18. The van der Waals surface area contributed by atoms with Gasteiger partial charge in [-0.25, -0.2) is 4.98 Å². The first kappa shape index (κ1) is 16.6. The number of rotatable bonds is 7. The molecule has 0 aliphatic rings. The van der Waals surface area contributed by atoms with Gasteiger partial charge in [-0.3, -0.25) is 0 Å². The molecule has 19 heavy (non-hydrogen) atoms. The second-order valence-corrected chi connectivity index (χ2v) is 7.21. The van der Waals surface area contributed by atoms with Crippen LogP contribution >= 0.6 is 11.3 Å². The van der Waals surface area contributed by atoms with E-state index >= 15 is 0 Å². The van der Waals surface area contributed by atoms with E-state index in [1.807, 2.05) is 6.92 Å². The summed E-state index contributed by atoms with van der Waals surface area (Å²) in [6, 6.07) is 0.391.